The number of carbonyl (C=O) groups is 3. The summed E-state index contributed by atoms with van der Waals surface area (Å²) in [5.74, 6) is -2.91. The molecule has 25 heavy (non-hydrogen) atoms. The molecular weight excluding hydrogens is 327 g/mol. The lowest BCUT2D eigenvalue weighted by Crippen LogP contribution is -2.35. The number of ether oxygens (including phenoxy) is 1. The number of amides is 2. The molecule has 0 N–H and O–H groups in total. The minimum absolute atomic E-state index is 0.0252. The molecule has 1 aliphatic heterocycles. The number of benzene rings is 1. The zero-order chi connectivity index (χ0) is 18.6. The number of likely N-dealkylation sites (N-methyl/N-ethyl adjacent to an activating group) is 1. The summed E-state index contributed by atoms with van der Waals surface area (Å²) < 4.78 is 18.3. The average Bonchev–Trinajstić information content (AvgIpc) is 2.82. The van der Waals surface area contributed by atoms with Crippen molar-refractivity contribution in [3.8, 4) is 0 Å². The SMILES string of the molecule is C/C=C/C(=O)OC1=C(N(CC)CC)C(=O)N(c2ccc(F)cc2)C1=O. The van der Waals surface area contributed by atoms with Crippen molar-refractivity contribution in [3.05, 3.63) is 53.7 Å². The molecule has 0 aromatic heterocycles. The summed E-state index contributed by atoms with van der Waals surface area (Å²) in [6.07, 6.45) is 2.63. The number of nitrogens with zero attached hydrogens (tertiary/aromatic N) is 2. The van der Waals surface area contributed by atoms with Crippen molar-refractivity contribution < 1.29 is 23.5 Å². The minimum atomic E-state index is -0.753. The summed E-state index contributed by atoms with van der Waals surface area (Å²) in [6, 6.07) is 4.94. The number of imide groups is 1. The van der Waals surface area contributed by atoms with Crippen LogP contribution in [0.25, 0.3) is 0 Å². The first-order valence-electron chi connectivity index (χ1n) is 7.92. The second-order valence-corrected chi connectivity index (χ2v) is 5.19. The Morgan fingerprint density at radius 1 is 1.16 bits per heavy atom. The molecule has 6 nitrogen and oxygen atoms in total. The maximum atomic E-state index is 13.1. The fourth-order valence-corrected chi connectivity index (χ4v) is 2.50. The molecule has 0 fully saturated rings. The number of anilines is 1. The van der Waals surface area contributed by atoms with Gasteiger partial charge in [0.05, 0.1) is 5.69 Å². The van der Waals surface area contributed by atoms with Gasteiger partial charge in [-0.05, 0) is 45.0 Å². The molecule has 0 atom stereocenters. The highest BCUT2D eigenvalue weighted by Gasteiger charge is 2.43. The lowest BCUT2D eigenvalue weighted by atomic mass is 10.3. The third-order valence-corrected chi connectivity index (χ3v) is 3.69. The molecule has 7 heteroatoms. The molecule has 0 saturated heterocycles. The number of hydrogen-bond acceptors (Lipinski definition) is 5. The van der Waals surface area contributed by atoms with Gasteiger partial charge in [0, 0.05) is 19.2 Å². The van der Waals surface area contributed by atoms with Crippen molar-refractivity contribution >= 4 is 23.5 Å². The molecule has 0 spiro atoms. The van der Waals surface area contributed by atoms with Gasteiger partial charge in [-0.2, -0.15) is 0 Å². The monoisotopic (exact) mass is 346 g/mol. The maximum absolute atomic E-state index is 13.1. The maximum Gasteiger partial charge on any atom is 0.336 e. The molecule has 0 radical (unpaired) electrons. The van der Waals surface area contributed by atoms with Gasteiger partial charge in [0.1, 0.15) is 5.82 Å². The van der Waals surface area contributed by atoms with Gasteiger partial charge < -0.3 is 9.64 Å². The summed E-state index contributed by atoms with van der Waals surface area (Å²) in [6.45, 7) is 6.17. The molecule has 0 bridgehead atoms. The number of carbonyl (C=O) groups excluding carboxylic acids is 3. The molecule has 2 rings (SSSR count). The van der Waals surface area contributed by atoms with Crippen LogP contribution in [0.4, 0.5) is 10.1 Å². The summed E-state index contributed by atoms with van der Waals surface area (Å²) >= 11 is 0. The van der Waals surface area contributed by atoms with Crippen molar-refractivity contribution in [2.24, 2.45) is 0 Å². The summed E-state index contributed by atoms with van der Waals surface area (Å²) in [4.78, 5) is 39.8. The van der Waals surface area contributed by atoms with Crippen LogP contribution in [0.3, 0.4) is 0 Å². The molecule has 0 saturated carbocycles. The molecule has 0 unspecified atom stereocenters. The third-order valence-electron chi connectivity index (χ3n) is 3.69. The molecule has 1 aliphatic rings. The van der Waals surface area contributed by atoms with E-state index in [2.05, 4.69) is 0 Å². The molecule has 2 amide bonds. The fourth-order valence-electron chi connectivity index (χ4n) is 2.50. The lowest BCUT2D eigenvalue weighted by molar-refractivity contribution is -0.137. The Balaban J connectivity index is 2.48. The van der Waals surface area contributed by atoms with Crippen molar-refractivity contribution in [3.63, 3.8) is 0 Å². The van der Waals surface area contributed by atoms with E-state index in [9.17, 15) is 18.8 Å². The lowest BCUT2D eigenvalue weighted by Gasteiger charge is -2.22. The zero-order valence-corrected chi connectivity index (χ0v) is 14.3. The first kappa shape index (κ1) is 18.4. The molecule has 1 heterocycles. The summed E-state index contributed by atoms with van der Waals surface area (Å²) in [7, 11) is 0. The van der Waals surface area contributed by atoms with Gasteiger partial charge in [-0.3, -0.25) is 9.59 Å². The standard InChI is InChI=1S/C18H19FN2O4/c1-4-7-14(22)25-16-15(20(5-2)6-3)17(23)21(18(16)24)13-10-8-12(19)9-11-13/h4,7-11H,5-6H2,1-3H3/b7-4+. The van der Waals surface area contributed by atoms with Gasteiger partial charge in [0.25, 0.3) is 5.91 Å². The van der Waals surface area contributed by atoms with Gasteiger partial charge in [-0.15, -0.1) is 0 Å². The van der Waals surface area contributed by atoms with E-state index in [0.29, 0.717) is 13.1 Å². The quantitative estimate of drug-likeness (QED) is 0.449. The second-order valence-electron chi connectivity index (χ2n) is 5.19. The van der Waals surface area contributed by atoms with Gasteiger partial charge in [-0.1, -0.05) is 6.08 Å². The molecular formula is C18H19FN2O4. The average molecular weight is 346 g/mol. The van der Waals surface area contributed by atoms with Crippen LogP contribution in [-0.2, 0) is 19.1 Å². The van der Waals surface area contributed by atoms with Crippen LogP contribution in [-0.4, -0.2) is 35.8 Å². The smallest absolute Gasteiger partial charge is 0.336 e. The van der Waals surface area contributed by atoms with Crippen molar-refractivity contribution in [1.82, 2.24) is 4.90 Å². The van der Waals surface area contributed by atoms with Gasteiger partial charge in [0.2, 0.25) is 5.76 Å². The van der Waals surface area contributed by atoms with E-state index in [1.165, 1.54) is 18.2 Å². The summed E-state index contributed by atoms with van der Waals surface area (Å²) in [5, 5.41) is 0. The first-order chi connectivity index (χ1) is 11.9. The Morgan fingerprint density at radius 2 is 1.76 bits per heavy atom. The molecule has 0 aliphatic carbocycles. The van der Waals surface area contributed by atoms with Crippen LogP contribution < -0.4 is 4.90 Å². The largest absolute Gasteiger partial charge is 0.415 e. The van der Waals surface area contributed by atoms with Crippen LogP contribution in [0.15, 0.2) is 47.9 Å². The zero-order valence-electron chi connectivity index (χ0n) is 14.3. The number of allylic oxidation sites excluding steroid dienone is 1. The fraction of sp³-hybridized carbons (Fsp3) is 0.278. The number of rotatable bonds is 6. The number of hydrogen-bond donors (Lipinski definition) is 0. The van der Waals surface area contributed by atoms with E-state index in [-0.39, 0.29) is 17.1 Å². The molecule has 1 aromatic rings. The molecule has 1 aromatic carbocycles. The number of halogens is 1. The van der Waals surface area contributed by atoms with Crippen LogP contribution >= 0.6 is 0 Å². The molecule has 132 valence electrons. The Hall–Kier alpha value is -2.96. The summed E-state index contributed by atoms with van der Waals surface area (Å²) in [5.41, 5.74) is 0.232. The predicted molar refractivity (Wildman–Crippen MR) is 89.7 cm³/mol. The second kappa shape index (κ2) is 7.74. The van der Waals surface area contributed by atoms with E-state index >= 15 is 0 Å². The van der Waals surface area contributed by atoms with E-state index in [0.717, 1.165) is 23.1 Å². The van der Waals surface area contributed by atoms with Crippen molar-refractivity contribution in [1.29, 1.82) is 0 Å². The van der Waals surface area contributed by atoms with Gasteiger partial charge >= 0.3 is 11.9 Å². The predicted octanol–water partition coefficient (Wildman–Crippen LogP) is 2.37. The van der Waals surface area contributed by atoms with E-state index in [4.69, 9.17) is 4.74 Å². The van der Waals surface area contributed by atoms with E-state index in [1.54, 1.807) is 11.8 Å². The van der Waals surface area contributed by atoms with Crippen LogP contribution in [0.5, 0.6) is 0 Å². The van der Waals surface area contributed by atoms with E-state index < -0.39 is 23.6 Å². The Labute approximate surface area is 145 Å². The normalized spacial score (nSPS) is 14.6. The topological polar surface area (TPSA) is 66.9 Å². The highest BCUT2D eigenvalue weighted by atomic mass is 19.1. The Morgan fingerprint density at radius 3 is 2.28 bits per heavy atom. The number of esters is 1. The Bertz CT molecular complexity index is 749. The van der Waals surface area contributed by atoms with Crippen molar-refractivity contribution in [2.75, 3.05) is 18.0 Å². The van der Waals surface area contributed by atoms with Gasteiger partial charge in [-0.25, -0.2) is 14.1 Å². The Kier molecular flexibility index (Phi) is 5.69. The minimum Gasteiger partial charge on any atom is -0.415 e. The van der Waals surface area contributed by atoms with Crippen LogP contribution in [0.2, 0.25) is 0 Å². The van der Waals surface area contributed by atoms with Gasteiger partial charge in [0.15, 0.2) is 5.70 Å². The first-order valence-corrected chi connectivity index (χ1v) is 7.92. The van der Waals surface area contributed by atoms with Crippen LogP contribution in [0.1, 0.15) is 20.8 Å². The van der Waals surface area contributed by atoms with Crippen LogP contribution in [0, 0.1) is 5.82 Å². The van der Waals surface area contributed by atoms with E-state index in [1.807, 2.05) is 13.8 Å². The highest BCUT2D eigenvalue weighted by Crippen LogP contribution is 2.30. The van der Waals surface area contributed by atoms with Crippen molar-refractivity contribution in [2.45, 2.75) is 20.8 Å². The highest BCUT2D eigenvalue weighted by molar-refractivity contribution is 6.32. The third kappa shape index (κ3) is 3.60.